The number of thiophene rings is 1. The fraction of sp³-hybridized carbons (Fsp3) is 0.250. The number of amides is 1. The van der Waals surface area contributed by atoms with E-state index in [9.17, 15) is 10.1 Å². The lowest BCUT2D eigenvalue weighted by Gasteiger charge is -2.17. The highest BCUT2D eigenvalue weighted by molar-refractivity contribution is 7.16. The van der Waals surface area contributed by atoms with Crippen LogP contribution in [0.4, 0.5) is 5.00 Å². The molecule has 0 saturated heterocycles. The number of para-hydroxylation sites is 1. The quantitative estimate of drug-likeness (QED) is 0.371. The SMILES string of the molecule is Cc1ccc(-c2cc(C(=O)Nc3sc4c(c3C#N)CCC(C)C4)c3ccccc3n2)c(C)c1. The summed E-state index contributed by atoms with van der Waals surface area (Å²) in [6, 6.07) is 18.2. The molecule has 2 aromatic carbocycles. The van der Waals surface area contributed by atoms with Crippen molar-refractivity contribution in [3.05, 3.63) is 81.2 Å². The third kappa shape index (κ3) is 3.92. The van der Waals surface area contributed by atoms with Crippen molar-refractivity contribution < 1.29 is 4.79 Å². The van der Waals surface area contributed by atoms with Crippen molar-refractivity contribution in [1.82, 2.24) is 4.98 Å². The zero-order valence-corrected chi connectivity index (χ0v) is 19.8. The minimum atomic E-state index is -0.206. The maximum absolute atomic E-state index is 13.6. The molecular formula is C28H25N3OS. The number of hydrogen-bond donors (Lipinski definition) is 1. The Balaban J connectivity index is 1.59. The fourth-order valence-corrected chi connectivity index (χ4v) is 6.09. The normalized spacial score (nSPS) is 15.2. The summed E-state index contributed by atoms with van der Waals surface area (Å²) >= 11 is 1.55. The Hall–Kier alpha value is -3.49. The largest absolute Gasteiger partial charge is 0.312 e. The highest BCUT2D eigenvalue weighted by Gasteiger charge is 2.25. The molecule has 4 nitrogen and oxygen atoms in total. The summed E-state index contributed by atoms with van der Waals surface area (Å²) in [5, 5.41) is 14.4. The first-order chi connectivity index (χ1) is 15.9. The molecule has 0 spiro atoms. The third-order valence-corrected chi connectivity index (χ3v) is 7.64. The van der Waals surface area contributed by atoms with Crippen molar-refractivity contribution in [3.8, 4) is 17.3 Å². The summed E-state index contributed by atoms with van der Waals surface area (Å²) in [4.78, 5) is 19.6. The number of carbonyl (C=O) groups excluding carboxylic acids is 1. The van der Waals surface area contributed by atoms with Crippen LogP contribution in [0.25, 0.3) is 22.2 Å². The van der Waals surface area contributed by atoms with Gasteiger partial charge in [-0.2, -0.15) is 5.26 Å². The van der Waals surface area contributed by atoms with Crippen molar-refractivity contribution >= 4 is 33.1 Å². The van der Waals surface area contributed by atoms with E-state index in [4.69, 9.17) is 4.98 Å². The molecule has 0 aliphatic heterocycles. The minimum absolute atomic E-state index is 0.206. The zero-order valence-electron chi connectivity index (χ0n) is 19.0. The number of nitrogens with zero attached hydrogens (tertiary/aromatic N) is 2. The number of aryl methyl sites for hydroxylation is 2. The molecule has 2 heterocycles. The van der Waals surface area contributed by atoms with Gasteiger partial charge in [0.25, 0.3) is 5.91 Å². The molecule has 33 heavy (non-hydrogen) atoms. The summed E-state index contributed by atoms with van der Waals surface area (Å²) in [5.41, 5.74) is 7.19. The van der Waals surface area contributed by atoms with Crippen LogP contribution >= 0.6 is 11.3 Å². The number of benzene rings is 2. The van der Waals surface area contributed by atoms with Crippen LogP contribution in [0, 0.1) is 31.1 Å². The van der Waals surface area contributed by atoms with E-state index < -0.39 is 0 Å². The van der Waals surface area contributed by atoms with E-state index in [1.165, 1.54) is 10.4 Å². The molecule has 1 N–H and O–H groups in total. The standard InChI is InChI=1S/C28H25N3OS/c1-16-8-10-19(18(3)12-16)25-14-22(20-6-4-5-7-24(20)30-25)27(32)31-28-23(15-29)21-11-9-17(2)13-26(21)33-28/h4-8,10,12,14,17H,9,11,13H2,1-3H3,(H,31,32). The molecule has 0 bridgehead atoms. The van der Waals surface area contributed by atoms with E-state index in [-0.39, 0.29) is 5.91 Å². The molecule has 5 heteroatoms. The number of rotatable bonds is 3. The van der Waals surface area contributed by atoms with Crippen LogP contribution in [0.1, 0.15) is 50.8 Å². The van der Waals surface area contributed by atoms with Gasteiger partial charge in [-0.25, -0.2) is 4.98 Å². The number of carbonyl (C=O) groups is 1. The van der Waals surface area contributed by atoms with Crippen LogP contribution in [0.2, 0.25) is 0 Å². The maximum atomic E-state index is 13.6. The molecule has 164 valence electrons. The second kappa shape index (κ2) is 8.46. The van der Waals surface area contributed by atoms with Crippen LogP contribution in [-0.4, -0.2) is 10.9 Å². The van der Waals surface area contributed by atoms with E-state index in [1.807, 2.05) is 30.3 Å². The van der Waals surface area contributed by atoms with Crippen molar-refractivity contribution in [2.75, 3.05) is 5.32 Å². The van der Waals surface area contributed by atoms with Gasteiger partial charge in [0, 0.05) is 15.8 Å². The van der Waals surface area contributed by atoms with Gasteiger partial charge in [0.1, 0.15) is 11.1 Å². The number of fused-ring (bicyclic) bond motifs is 2. The Bertz CT molecular complexity index is 1440. The molecular weight excluding hydrogens is 426 g/mol. The highest BCUT2D eigenvalue weighted by Crippen LogP contribution is 2.39. The Labute approximate surface area is 197 Å². The second-order valence-electron chi connectivity index (χ2n) is 9.01. The molecule has 1 atom stereocenters. The number of pyridine rings is 1. The minimum Gasteiger partial charge on any atom is -0.312 e. The predicted octanol–water partition coefficient (Wildman–Crippen LogP) is 6.83. The van der Waals surface area contributed by atoms with Gasteiger partial charge in [-0.15, -0.1) is 11.3 Å². The topological polar surface area (TPSA) is 65.8 Å². The molecule has 4 aromatic rings. The van der Waals surface area contributed by atoms with Gasteiger partial charge in [0.2, 0.25) is 0 Å². The Morgan fingerprint density at radius 3 is 2.79 bits per heavy atom. The Kier molecular flexibility index (Phi) is 5.47. The molecule has 2 aromatic heterocycles. The average Bonchev–Trinajstić information content (AvgIpc) is 3.14. The molecule has 1 aliphatic carbocycles. The molecule has 0 saturated carbocycles. The van der Waals surface area contributed by atoms with Crippen LogP contribution < -0.4 is 5.32 Å². The lowest BCUT2D eigenvalue weighted by atomic mass is 9.88. The van der Waals surface area contributed by atoms with Gasteiger partial charge in [0.15, 0.2) is 0 Å². The van der Waals surface area contributed by atoms with Crippen LogP contribution in [0.15, 0.2) is 48.5 Å². The van der Waals surface area contributed by atoms with Crippen LogP contribution in [0.3, 0.4) is 0 Å². The maximum Gasteiger partial charge on any atom is 0.257 e. The smallest absolute Gasteiger partial charge is 0.257 e. The monoisotopic (exact) mass is 451 g/mol. The number of nitrogens with one attached hydrogen (secondary N) is 1. The van der Waals surface area contributed by atoms with Crippen molar-refractivity contribution in [2.45, 2.75) is 40.0 Å². The van der Waals surface area contributed by atoms with Gasteiger partial charge < -0.3 is 5.32 Å². The number of nitriles is 1. The number of aromatic nitrogens is 1. The third-order valence-electron chi connectivity index (χ3n) is 6.47. The second-order valence-corrected chi connectivity index (χ2v) is 10.1. The first-order valence-corrected chi connectivity index (χ1v) is 12.1. The van der Waals surface area contributed by atoms with Crippen LogP contribution in [0.5, 0.6) is 0 Å². The summed E-state index contributed by atoms with van der Waals surface area (Å²) in [6.07, 6.45) is 2.96. The Morgan fingerprint density at radius 1 is 1.18 bits per heavy atom. The van der Waals surface area contributed by atoms with E-state index in [0.717, 1.165) is 52.5 Å². The lowest BCUT2D eigenvalue weighted by Crippen LogP contribution is -2.13. The molecule has 1 amide bonds. The van der Waals surface area contributed by atoms with Gasteiger partial charge in [-0.3, -0.25) is 4.79 Å². The summed E-state index contributed by atoms with van der Waals surface area (Å²) in [5.74, 6) is 0.401. The molecule has 5 rings (SSSR count). The summed E-state index contributed by atoms with van der Waals surface area (Å²) in [7, 11) is 0. The van der Waals surface area contributed by atoms with Gasteiger partial charge >= 0.3 is 0 Å². The van der Waals surface area contributed by atoms with E-state index >= 15 is 0 Å². The van der Waals surface area contributed by atoms with E-state index in [0.29, 0.717) is 22.0 Å². The van der Waals surface area contributed by atoms with Crippen molar-refractivity contribution in [1.29, 1.82) is 5.26 Å². The molecule has 1 unspecified atom stereocenters. The summed E-state index contributed by atoms with van der Waals surface area (Å²) in [6.45, 7) is 6.37. The molecule has 0 radical (unpaired) electrons. The van der Waals surface area contributed by atoms with E-state index in [2.05, 4.69) is 50.4 Å². The number of anilines is 1. The summed E-state index contributed by atoms with van der Waals surface area (Å²) < 4.78 is 0. The fourth-order valence-electron chi connectivity index (χ4n) is 4.73. The first kappa shape index (κ1) is 21.4. The van der Waals surface area contributed by atoms with Crippen molar-refractivity contribution in [2.24, 2.45) is 5.92 Å². The highest BCUT2D eigenvalue weighted by atomic mass is 32.1. The van der Waals surface area contributed by atoms with E-state index in [1.54, 1.807) is 11.3 Å². The lowest BCUT2D eigenvalue weighted by molar-refractivity contribution is 0.102. The van der Waals surface area contributed by atoms with Gasteiger partial charge in [0.05, 0.1) is 22.3 Å². The van der Waals surface area contributed by atoms with Crippen molar-refractivity contribution in [3.63, 3.8) is 0 Å². The first-order valence-electron chi connectivity index (χ1n) is 11.3. The molecule has 1 aliphatic rings. The van der Waals surface area contributed by atoms with Gasteiger partial charge in [-0.1, -0.05) is 48.9 Å². The zero-order chi connectivity index (χ0) is 23.1. The Morgan fingerprint density at radius 2 is 2.00 bits per heavy atom. The predicted molar refractivity (Wildman–Crippen MR) is 135 cm³/mol. The average molecular weight is 452 g/mol. The number of hydrogen-bond acceptors (Lipinski definition) is 4. The van der Waals surface area contributed by atoms with Gasteiger partial charge in [-0.05, 0) is 62.3 Å². The molecule has 0 fully saturated rings. The van der Waals surface area contributed by atoms with Crippen LogP contribution in [-0.2, 0) is 12.8 Å².